The van der Waals surface area contributed by atoms with Crippen LogP contribution in [0, 0.1) is 6.92 Å². The number of aromatic nitrogens is 3. The van der Waals surface area contributed by atoms with Crippen molar-refractivity contribution in [1.82, 2.24) is 25.0 Å². The molecule has 0 aromatic carbocycles. The number of rotatable bonds is 4. The quantitative estimate of drug-likeness (QED) is 0.870. The Morgan fingerprint density at radius 3 is 2.61 bits per heavy atom. The number of hydrogen-bond donors (Lipinski definition) is 1. The Hall–Kier alpha value is -0.940. The lowest BCUT2D eigenvalue weighted by molar-refractivity contribution is 0.113. The normalized spacial score (nSPS) is 25.6. The summed E-state index contributed by atoms with van der Waals surface area (Å²) in [6.07, 6.45) is 2.37. The zero-order valence-corrected chi connectivity index (χ0v) is 12.0. The maximum Gasteiger partial charge on any atom is 0.146 e. The number of nitrogens with zero attached hydrogens (tertiary/aromatic N) is 4. The molecule has 1 aromatic heterocycles. The average Bonchev–Trinajstić information content (AvgIpc) is 2.70. The van der Waals surface area contributed by atoms with Gasteiger partial charge in [-0.15, -0.1) is 10.2 Å². The van der Waals surface area contributed by atoms with Crippen LogP contribution in [0.2, 0.25) is 0 Å². The molecule has 0 radical (unpaired) electrons. The first-order valence-corrected chi connectivity index (χ1v) is 6.98. The van der Waals surface area contributed by atoms with Gasteiger partial charge >= 0.3 is 0 Å². The van der Waals surface area contributed by atoms with E-state index in [0.717, 1.165) is 31.3 Å². The van der Waals surface area contributed by atoms with Gasteiger partial charge in [-0.25, -0.2) is 0 Å². The van der Waals surface area contributed by atoms with Gasteiger partial charge in [0.2, 0.25) is 0 Å². The molecule has 2 unspecified atom stereocenters. The minimum absolute atomic E-state index is 0.613. The molecule has 2 atom stereocenters. The summed E-state index contributed by atoms with van der Waals surface area (Å²) in [6.45, 7) is 9.61. The van der Waals surface area contributed by atoms with E-state index in [1.165, 1.54) is 12.8 Å². The van der Waals surface area contributed by atoms with Crippen LogP contribution in [0.15, 0.2) is 0 Å². The Kier molecular flexibility index (Phi) is 4.35. The molecule has 1 N–H and O–H groups in total. The minimum atomic E-state index is 0.613. The summed E-state index contributed by atoms with van der Waals surface area (Å²) in [4.78, 5) is 2.55. The average molecular weight is 251 g/mol. The van der Waals surface area contributed by atoms with Crippen LogP contribution >= 0.6 is 0 Å². The lowest BCUT2D eigenvalue weighted by atomic mass is 10.1. The van der Waals surface area contributed by atoms with E-state index < -0.39 is 0 Å². The Labute approximate surface area is 110 Å². The smallest absolute Gasteiger partial charge is 0.146 e. The summed E-state index contributed by atoms with van der Waals surface area (Å²) in [5.41, 5.74) is 0. The maximum absolute atomic E-state index is 4.28. The lowest BCUT2D eigenvalue weighted by Gasteiger charge is -2.39. The van der Waals surface area contributed by atoms with Crippen LogP contribution in [0.5, 0.6) is 0 Å². The second-order valence-corrected chi connectivity index (χ2v) is 5.23. The van der Waals surface area contributed by atoms with Crippen molar-refractivity contribution in [2.45, 2.75) is 52.2 Å². The fraction of sp³-hybridized carbons (Fsp3) is 0.846. The number of nitrogens with one attached hydrogen (secondary N) is 1. The van der Waals surface area contributed by atoms with Gasteiger partial charge in [-0.05, 0) is 19.8 Å². The van der Waals surface area contributed by atoms with Gasteiger partial charge in [0.1, 0.15) is 11.6 Å². The third-order valence-electron chi connectivity index (χ3n) is 4.10. The fourth-order valence-corrected chi connectivity index (χ4v) is 2.57. The molecule has 0 bridgehead atoms. The molecule has 102 valence electrons. The van der Waals surface area contributed by atoms with Crippen molar-refractivity contribution >= 4 is 0 Å². The van der Waals surface area contributed by atoms with E-state index in [0.29, 0.717) is 12.1 Å². The summed E-state index contributed by atoms with van der Waals surface area (Å²) in [5.74, 6) is 2.06. The summed E-state index contributed by atoms with van der Waals surface area (Å²) in [5, 5.41) is 12.0. The highest BCUT2D eigenvalue weighted by molar-refractivity contribution is 4.95. The topological polar surface area (TPSA) is 46.0 Å². The lowest BCUT2D eigenvalue weighted by Crippen LogP contribution is -2.55. The molecule has 0 saturated carbocycles. The molecule has 5 nitrogen and oxygen atoms in total. The molecule has 0 aliphatic carbocycles. The van der Waals surface area contributed by atoms with Gasteiger partial charge < -0.3 is 9.88 Å². The molecule has 5 heteroatoms. The summed E-state index contributed by atoms with van der Waals surface area (Å²) < 4.78 is 2.09. The second kappa shape index (κ2) is 5.80. The summed E-state index contributed by atoms with van der Waals surface area (Å²) in [7, 11) is 2.05. The van der Waals surface area contributed by atoms with Crippen molar-refractivity contribution in [3.8, 4) is 0 Å². The van der Waals surface area contributed by atoms with Gasteiger partial charge in [0, 0.05) is 32.2 Å². The molecule has 1 aliphatic rings. The predicted octanol–water partition coefficient (Wildman–Crippen LogP) is 1.09. The van der Waals surface area contributed by atoms with Crippen molar-refractivity contribution in [1.29, 1.82) is 0 Å². The maximum atomic E-state index is 4.28. The van der Waals surface area contributed by atoms with Gasteiger partial charge in [-0.2, -0.15) is 0 Å². The highest BCUT2D eigenvalue weighted by Crippen LogP contribution is 2.15. The van der Waals surface area contributed by atoms with Gasteiger partial charge in [0.25, 0.3) is 0 Å². The summed E-state index contributed by atoms with van der Waals surface area (Å²) >= 11 is 0. The molecule has 18 heavy (non-hydrogen) atoms. The van der Waals surface area contributed by atoms with E-state index in [1.54, 1.807) is 0 Å². The van der Waals surface area contributed by atoms with Gasteiger partial charge in [0.05, 0.1) is 6.54 Å². The Balaban J connectivity index is 2.06. The van der Waals surface area contributed by atoms with E-state index in [2.05, 4.69) is 38.8 Å². The highest BCUT2D eigenvalue weighted by Gasteiger charge is 2.26. The number of piperazine rings is 1. The van der Waals surface area contributed by atoms with Crippen molar-refractivity contribution in [3.05, 3.63) is 11.6 Å². The van der Waals surface area contributed by atoms with Crippen molar-refractivity contribution in [3.63, 3.8) is 0 Å². The Morgan fingerprint density at radius 2 is 2.06 bits per heavy atom. The molecule has 1 aromatic rings. The first kappa shape index (κ1) is 13.5. The molecular weight excluding hydrogens is 226 g/mol. The highest BCUT2D eigenvalue weighted by atomic mass is 15.3. The standard InChI is InChI=1S/C13H25N5/c1-5-11-8-18(12(6-2)7-14-11)9-13-16-15-10(3)17(13)4/h11-12,14H,5-9H2,1-4H3. The Bertz CT molecular complexity index is 387. The van der Waals surface area contributed by atoms with Gasteiger partial charge in [0.15, 0.2) is 0 Å². The fourth-order valence-electron chi connectivity index (χ4n) is 2.57. The molecular formula is C13H25N5. The third kappa shape index (κ3) is 2.72. The number of aryl methyl sites for hydroxylation is 1. The zero-order valence-electron chi connectivity index (χ0n) is 12.0. The Morgan fingerprint density at radius 1 is 1.28 bits per heavy atom. The van der Waals surface area contributed by atoms with Crippen LogP contribution < -0.4 is 5.32 Å². The monoisotopic (exact) mass is 251 g/mol. The van der Waals surface area contributed by atoms with Crippen LogP contribution in [0.25, 0.3) is 0 Å². The molecule has 0 amide bonds. The molecule has 2 heterocycles. The first-order valence-electron chi connectivity index (χ1n) is 6.98. The van der Waals surface area contributed by atoms with Crippen molar-refractivity contribution < 1.29 is 0 Å². The molecule has 1 saturated heterocycles. The molecule has 2 rings (SSSR count). The van der Waals surface area contributed by atoms with Crippen LogP contribution in [0.3, 0.4) is 0 Å². The number of hydrogen-bond acceptors (Lipinski definition) is 4. The van der Waals surface area contributed by atoms with Crippen LogP contribution in [0.4, 0.5) is 0 Å². The summed E-state index contributed by atoms with van der Waals surface area (Å²) in [6, 6.07) is 1.23. The zero-order chi connectivity index (χ0) is 13.1. The molecule has 1 fully saturated rings. The van der Waals surface area contributed by atoms with Crippen LogP contribution in [-0.4, -0.2) is 44.8 Å². The van der Waals surface area contributed by atoms with Gasteiger partial charge in [-0.1, -0.05) is 13.8 Å². The predicted molar refractivity (Wildman–Crippen MR) is 72.3 cm³/mol. The second-order valence-electron chi connectivity index (χ2n) is 5.23. The first-order chi connectivity index (χ1) is 8.65. The van der Waals surface area contributed by atoms with Crippen molar-refractivity contribution in [2.75, 3.05) is 13.1 Å². The van der Waals surface area contributed by atoms with Crippen LogP contribution in [0.1, 0.15) is 38.3 Å². The third-order valence-corrected chi connectivity index (χ3v) is 4.10. The van der Waals surface area contributed by atoms with Crippen molar-refractivity contribution in [2.24, 2.45) is 7.05 Å². The van der Waals surface area contributed by atoms with E-state index in [-0.39, 0.29) is 0 Å². The van der Waals surface area contributed by atoms with E-state index in [1.807, 2.05) is 14.0 Å². The minimum Gasteiger partial charge on any atom is -0.317 e. The van der Waals surface area contributed by atoms with E-state index >= 15 is 0 Å². The van der Waals surface area contributed by atoms with Crippen LogP contribution in [-0.2, 0) is 13.6 Å². The molecule has 0 spiro atoms. The SMILES string of the molecule is CCC1CN(Cc2nnc(C)n2C)C(CC)CN1. The molecule has 1 aliphatic heterocycles. The largest absolute Gasteiger partial charge is 0.317 e. The van der Waals surface area contributed by atoms with E-state index in [4.69, 9.17) is 0 Å². The van der Waals surface area contributed by atoms with E-state index in [9.17, 15) is 0 Å². The van der Waals surface area contributed by atoms with Gasteiger partial charge in [-0.3, -0.25) is 4.90 Å².